The van der Waals surface area contributed by atoms with Crippen molar-refractivity contribution < 1.29 is 23.9 Å². The number of hydrogen-bond donors (Lipinski definition) is 1. The highest BCUT2D eigenvalue weighted by atomic mass is 16.6. The third-order valence-electron chi connectivity index (χ3n) is 5.44. The molecule has 6 heteroatoms. The molecule has 1 amide bonds. The van der Waals surface area contributed by atoms with Gasteiger partial charge in [-0.05, 0) is 37.8 Å². The van der Waals surface area contributed by atoms with Gasteiger partial charge in [0.1, 0.15) is 6.10 Å². The summed E-state index contributed by atoms with van der Waals surface area (Å²) in [6, 6.07) is 7.36. The first kappa shape index (κ1) is 15.2. The van der Waals surface area contributed by atoms with Crippen LogP contribution in [0.1, 0.15) is 18.4 Å². The molecule has 126 valence electrons. The standard InChI is InChI=1S/C18H19NO5/c1-9-2-4-11(5-3-9)19-14(20)8-23-17(21)15-10-6-12-13(7-10)24-18(22)16(12)15/h2-5,10,12-13,15-16H,6-8H2,1H3,(H,19,20)/t10-,12-,13-,15+,16+/m1/s1. The Hall–Kier alpha value is -2.37. The van der Waals surface area contributed by atoms with Crippen molar-refractivity contribution in [3.8, 4) is 0 Å². The summed E-state index contributed by atoms with van der Waals surface area (Å²) in [7, 11) is 0. The molecule has 2 aliphatic carbocycles. The first-order valence-corrected chi connectivity index (χ1v) is 8.26. The van der Waals surface area contributed by atoms with Crippen molar-refractivity contribution in [3.63, 3.8) is 0 Å². The molecule has 3 fully saturated rings. The highest BCUT2D eigenvalue weighted by Gasteiger charge is 2.64. The second kappa shape index (κ2) is 5.61. The maximum absolute atomic E-state index is 12.4. The Morgan fingerprint density at radius 1 is 1.25 bits per heavy atom. The third-order valence-corrected chi connectivity index (χ3v) is 5.44. The normalized spacial score (nSPS) is 32.5. The van der Waals surface area contributed by atoms with Gasteiger partial charge in [-0.3, -0.25) is 14.4 Å². The van der Waals surface area contributed by atoms with E-state index in [1.807, 2.05) is 19.1 Å². The molecule has 0 radical (unpaired) electrons. The van der Waals surface area contributed by atoms with Gasteiger partial charge in [-0.1, -0.05) is 17.7 Å². The maximum Gasteiger partial charge on any atom is 0.310 e. The van der Waals surface area contributed by atoms with Crippen LogP contribution in [0.5, 0.6) is 0 Å². The number of fused-ring (bicyclic) bond motifs is 1. The van der Waals surface area contributed by atoms with E-state index in [1.54, 1.807) is 12.1 Å². The number of ether oxygens (including phenoxy) is 2. The van der Waals surface area contributed by atoms with Crippen molar-refractivity contribution in [1.29, 1.82) is 0 Å². The van der Waals surface area contributed by atoms with Gasteiger partial charge in [-0.15, -0.1) is 0 Å². The Balaban J connectivity index is 1.33. The number of hydrogen-bond acceptors (Lipinski definition) is 5. The zero-order valence-corrected chi connectivity index (χ0v) is 13.4. The lowest BCUT2D eigenvalue weighted by atomic mass is 9.80. The maximum atomic E-state index is 12.4. The number of carbonyl (C=O) groups excluding carboxylic acids is 3. The van der Waals surface area contributed by atoms with E-state index in [4.69, 9.17) is 9.47 Å². The Labute approximate surface area is 139 Å². The number of nitrogens with one attached hydrogen (secondary N) is 1. The highest BCUT2D eigenvalue weighted by molar-refractivity contribution is 5.93. The first-order chi connectivity index (χ1) is 11.5. The Kier molecular flexibility index (Phi) is 3.55. The molecule has 0 aromatic heterocycles. The molecule has 2 bridgehead atoms. The van der Waals surface area contributed by atoms with Gasteiger partial charge in [0.25, 0.3) is 5.91 Å². The molecule has 1 aliphatic heterocycles. The summed E-state index contributed by atoms with van der Waals surface area (Å²) in [6.45, 7) is 1.62. The molecule has 24 heavy (non-hydrogen) atoms. The largest absolute Gasteiger partial charge is 0.462 e. The van der Waals surface area contributed by atoms with Crippen LogP contribution in [-0.4, -0.2) is 30.6 Å². The van der Waals surface area contributed by atoms with Crippen LogP contribution in [0.2, 0.25) is 0 Å². The van der Waals surface area contributed by atoms with E-state index in [9.17, 15) is 14.4 Å². The number of carbonyl (C=O) groups is 3. The van der Waals surface area contributed by atoms with Crippen LogP contribution < -0.4 is 5.32 Å². The number of esters is 2. The lowest BCUT2D eigenvalue weighted by molar-refractivity contribution is -0.157. The summed E-state index contributed by atoms with van der Waals surface area (Å²) < 4.78 is 10.5. The molecule has 0 spiro atoms. The molecule has 0 unspecified atom stereocenters. The first-order valence-electron chi connectivity index (χ1n) is 8.26. The molecule has 1 aromatic rings. The molecule has 1 N–H and O–H groups in total. The molecule has 1 heterocycles. The average Bonchev–Trinajstić information content (AvgIpc) is 3.16. The van der Waals surface area contributed by atoms with Gasteiger partial charge in [0, 0.05) is 11.6 Å². The topological polar surface area (TPSA) is 81.7 Å². The van der Waals surface area contributed by atoms with Crippen LogP contribution in [0.3, 0.4) is 0 Å². The predicted octanol–water partition coefficient (Wildman–Crippen LogP) is 1.67. The monoisotopic (exact) mass is 329 g/mol. The van der Waals surface area contributed by atoms with Crippen LogP contribution in [0.15, 0.2) is 24.3 Å². The molecule has 4 rings (SSSR count). The van der Waals surface area contributed by atoms with Gasteiger partial charge in [-0.2, -0.15) is 0 Å². The van der Waals surface area contributed by atoms with Crippen LogP contribution >= 0.6 is 0 Å². The number of rotatable bonds is 4. The fourth-order valence-corrected chi connectivity index (χ4v) is 4.39. The number of aryl methyl sites for hydroxylation is 1. The summed E-state index contributed by atoms with van der Waals surface area (Å²) in [5.74, 6) is -1.65. The van der Waals surface area contributed by atoms with Crippen molar-refractivity contribution in [2.75, 3.05) is 11.9 Å². The van der Waals surface area contributed by atoms with Crippen LogP contribution in [0.25, 0.3) is 0 Å². The second-order valence-electron chi connectivity index (χ2n) is 6.94. The number of amides is 1. The van der Waals surface area contributed by atoms with E-state index in [1.165, 1.54) is 0 Å². The van der Waals surface area contributed by atoms with E-state index in [0.717, 1.165) is 18.4 Å². The number of benzene rings is 1. The van der Waals surface area contributed by atoms with Gasteiger partial charge < -0.3 is 14.8 Å². The van der Waals surface area contributed by atoms with Crippen molar-refractivity contribution in [2.45, 2.75) is 25.9 Å². The quantitative estimate of drug-likeness (QED) is 0.850. The summed E-state index contributed by atoms with van der Waals surface area (Å²) >= 11 is 0. The van der Waals surface area contributed by atoms with Crippen LogP contribution in [-0.2, 0) is 23.9 Å². The molecule has 3 aliphatic rings. The highest BCUT2D eigenvalue weighted by Crippen LogP contribution is 2.57. The Morgan fingerprint density at radius 2 is 2.00 bits per heavy atom. The van der Waals surface area contributed by atoms with Crippen LogP contribution in [0.4, 0.5) is 5.69 Å². The third kappa shape index (κ3) is 2.46. The summed E-state index contributed by atoms with van der Waals surface area (Å²) in [5.41, 5.74) is 1.75. The van der Waals surface area contributed by atoms with E-state index in [-0.39, 0.29) is 42.3 Å². The smallest absolute Gasteiger partial charge is 0.310 e. The zero-order valence-electron chi connectivity index (χ0n) is 13.4. The summed E-state index contributed by atoms with van der Waals surface area (Å²) in [6.07, 6.45) is 1.57. The molecule has 5 atom stereocenters. The van der Waals surface area contributed by atoms with E-state index >= 15 is 0 Å². The lowest BCUT2D eigenvalue weighted by Crippen LogP contribution is -2.34. The minimum atomic E-state index is -0.455. The molecule has 2 saturated carbocycles. The minimum Gasteiger partial charge on any atom is -0.462 e. The fraction of sp³-hybridized carbons (Fsp3) is 0.500. The van der Waals surface area contributed by atoms with Gasteiger partial charge in [0.05, 0.1) is 11.8 Å². The molecule has 6 nitrogen and oxygen atoms in total. The predicted molar refractivity (Wildman–Crippen MR) is 83.8 cm³/mol. The van der Waals surface area contributed by atoms with Crippen molar-refractivity contribution in [2.24, 2.45) is 23.7 Å². The van der Waals surface area contributed by atoms with Crippen molar-refractivity contribution in [3.05, 3.63) is 29.8 Å². The fourth-order valence-electron chi connectivity index (χ4n) is 4.39. The molecular formula is C18H19NO5. The van der Waals surface area contributed by atoms with Gasteiger partial charge in [0.2, 0.25) is 0 Å². The Morgan fingerprint density at radius 3 is 2.75 bits per heavy atom. The second-order valence-corrected chi connectivity index (χ2v) is 6.94. The van der Waals surface area contributed by atoms with E-state index in [2.05, 4.69) is 5.32 Å². The van der Waals surface area contributed by atoms with Gasteiger partial charge in [-0.25, -0.2) is 0 Å². The summed E-state index contributed by atoms with van der Waals surface area (Å²) in [4.78, 5) is 36.2. The van der Waals surface area contributed by atoms with E-state index < -0.39 is 11.9 Å². The number of anilines is 1. The lowest BCUT2D eigenvalue weighted by Gasteiger charge is -2.22. The van der Waals surface area contributed by atoms with E-state index in [0.29, 0.717) is 5.69 Å². The average molecular weight is 329 g/mol. The van der Waals surface area contributed by atoms with Crippen LogP contribution in [0, 0.1) is 30.6 Å². The van der Waals surface area contributed by atoms with Gasteiger partial charge >= 0.3 is 11.9 Å². The summed E-state index contributed by atoms with van der Waals surface area (Å²) in [5, 5.41) is 2.68. The molecular weight excluding hydrogens is 310 g/mol. The van der Waals surface area contributed by atoms with Crippen molar-refractivity contribution >= 4 is 23.5 Å². The van der Waals surface area contributed by atoms with Gasteiger partial charge in [0.15, 0.2) is 6.61 Å². The minimum absolute atomic E-state index is 0.0126. The SMILES string of the molecule is Cc1ccc(NC(=O)COC(=O)[C@H]2[C@@H]3C[C@H]4[C@@H]2C(=O)O[C@@H]4C3)cc1. The molecule has 1 aromatic carbocycles. The molecule has 1 saturated heterocycles. The Bertz CT molecular complexity index is 696. The van der Waals surface area contributed by atoms with Crippen molar-refractivity contribution in [1.82, 2.24) is 0 Å². The zero-order chi connectivity index (χ0) is 16.8.